The quantitative estimate of drug-likeness (QED) is 0.352. The van der Waals surface area contributed by atoms with Gasteiger partial charge in [-0.15, -0.1) is 0 Å². The van der Waals surface area contributed by atoms with Gasteiger partial charge in [-0.25, -0.2) is 0 Å². The number of carbonyl (C=O) groups is 1. The zero-order valence-corrected chi connectivity index (χ0v) is 24.5. The third kappa shape index (κ3) is 5.02. The molecule has 0 spiro atoms. The molecule has 6 nitrogen and oxygen atoms in total. The molecule has 2 N–H and O–H groups in total. The number of ketones is 1. The maximum atomic E-state index is 11.6. The van der Waals surface area contributed by atoms with Crippen LogP contribution in [0.25, 0.3) is 11.1 Å². The molecule has 0 bridgehead atoms. The van der Waals surface area contributed by atoms with Crippen molar-refractivity contribution in [3.05, 3.63) is 98.6 Å². The summed E-state index contributed by atoms with van der Waals surface area (Å²) >= 11 is 0. The Morgan fingerprint density at radius 1 is 0.628 bits per heavy atom. The number of benzene rings is 3. The van der Waals surface area contributed by atoms with Crippen LogP contribution in [0.5, 0.6) is 17.2 Å². The highest BCUT2D eigenvalue weighted by Gasteiger charge is 2.28. The van der Waals surface area contributed by atoms with Gasteiger partial charge >= 0.3 is 0 Å². The molecule has 0 unspecified atom stereocenters. The number of hydrogen-bond acceptors (Lipinski definition) is 6. The normalized spacial score (nSPS) is 19.4. The van der Waals surface area contributed by atoms with Gasteiger partial charge in [0.2, 0.25) is 0 Å². The molecule has 43 heavy (non-hydrogen) atoms. The van der Waals surface area contributed by atoms with Crippen LogP contribution in [0.2, 0.25) is 0 Å². The number of rotatable bonds is 1. The molecule has 3 heterocycles. The first kappa shape index (κ1) is 27.5. The Morgan fingerprint density at radius 2 is 1.09 bits per heavy atom. The van der Waals surface area contributed by atoms with Gasteiger partial charge in [0.05, 0.1) is 25.9 Å². The topological polar surface area (TPSA) is 94.6 Å². The Labute approximate surface area is 252 Å². The largest absolute Gasteiger partial charge is 0.493 e. The first-order chi connectivity index (χ1) is 21.2. The molecule has 0 saturated heterocycles. The van der Waals surface area contributed by atoms with Crippen molar-refractivity contribution in [3.8, 4) is 23.3 Å². The van der Waals surface area contributed by atoms with Crippen molar-refractivity contribution in [2.45, 2.75) is 57.8 Å². The maximum absolute atomic E-state index is 11.6. The highest BCUT2D eigenvalue weighted by Crippen LogP contribution is 2.42. The predicted octanol–water partition coefficient (Wildman–Crippen LogP) is 6.13. The smallest absolute Gasteiger partial charge is 0.163 e. The van der Waals surface area contributed by atoms with Gasteiger partial charge in [0.1, 0.15) is 17.2 Å². The number of allylic oxidation sites excluding steroid dienone is 3. The van der Waals surface area contributed by atoms with Crippen LogP contribution < -0.4 is 19.9 Å². The van der Waals surface area contributed by atoms with E-state index < -0.39 is 0 Å². The summed E-state index contributed by atoms with van der Waals surface area (Å²) in [6.45, 7) is 2.99. The van der Waals surface area contributed by atoms with Crippen LogP contribution >= 0.6 is 0 Å². The summed E-state index contributed by atoms with van der Waals surface area (Å²) in [6.07, 6.45) is 12.8. The molecule has 218 valence electrons. The zero-order chi connectivity index (χ0) is 29.3. The average Bonchev–Trinajstić information content (AvgIpc) is 3.85. The minimum Gasteiger partial charge on any atom is -0.493 e. The van der Waals surface area contributed by atoms with Crippen molar-refractivity contribution in [3.63, 3.8) is 0 Å². The molecule has 3 aliphatic carbocycles. The van der Waals surface area contributed by atoms with Gasteiger partial charge in [-0.1, -0.05) is 24.3 Å². The van der Waals surface area contributed by atoms with Gasteiger partial charge in [-0.2, -0.15) is 5.26 Å². The van der Waals surface area contributed by atoms with Crippen LogP contribution in [0, 0.1) is 11.3 Å². The number of hydrogen-bond donors (Lipinski definition) is 1. The first-order valence-electron chi connectivity index (χ1n) is 15.5. The van der Waals surface area contributed by atoms with Crippen molar-refractivity contribution in [1.82, 2.24) is 0 Å². The van der Waals surface area contributed by atoms with Gasteiger partial charge in [-0.05, 0) is 89.3 Å². The fourth-order valence-electron chi connectivity index (χ4n) is 7.47. The third-order valence-corrected chi connectivity index (χ3v) is 9.37. The molecule has 9 rings (SSSR count). The first-order valence-corrected chi connectivity index (χ1v) is 15.5. The minimum absolute atomic E-state index is 0.303. The molecule has 3 aromatic rings. The van der Waals surface area contributed by atoms with Crippen molar-refractivity contribution < 1.29 is 19.0 Å². The highest BCUT2D eigenvalue weighted by molar-refractivity contribution is 6.02. The summed E-state index contributed by atoms with van der Waals surface area (Å²) < 4.78 is 16.6. The van der Waals surface area contributed by atoms with E-state index in [1.165, 1.54) is 50.1 Å². The Kier molecular flexibility index (Phi) is 7.51. The number of Topliss-reactive ketones (excluding diaryl/α,β-unsaturated/α-hetero) is 1. The van der Waals surface area contributed by atoms with Crippen molar-refractivity contribution >= 4 is 16.9 Å². The third-order valence-electron chi connectivity index (χ3n) is 9.37. The number of nitrogens with two attached hydrogens (primary N) is 1. The molecule has 0 fully saturated rings. The maximum Gasteiger partial charge on any atom is 0.163 e. The van der Waals surface area contributed by atoms with Crippen molar-refractivity contribution in [2.24, 2.45) is 5.73 Å². The second-order valence-electron chi connectivity index (χ2n) is 11.7. The lowest BCUT2D eigenvalue weighted by Gasteiger charge is -2.07. The molecule has 0 atom stereocenters. The highest BCUT2D eigenvalue weighted by atomic mass is 16.5. The van der Waals surface area contributed by atoms with E-state index in [1.54, 1.807) is 6.08 Å². The predicted molar refractivity (Wildman–Crippen MR) is 167 cm³/mol. The summed E-state index contributed by atoms with van der Waals surface area (Å²) in [4.78, 5) is 11.6. The standard InChI is InChI=1S/C13H15NO.C13H11NO.C11H10O2/c2*14-7-5-10-2-1-9-3-4-12-11(13(9)10)6-8-15-12;12-9-3-1-7-2-4-10-8(11(7)9)5-6-13-10/h3-5H,1-2,6-8,14H2;3-5H,1-2,6,8H2;2,4H,1,3,5-6H2/b2*10-5+;. The second-order valence-corrected chi connectivity index (χ2v) is 11.7. The van der Waals surface area contributed by atoms with E-state index in [1.807, 2.05) is 12.1 Å². The van der Waals surface area contributed by atoms with Gasteiger partial charge in [0.15, 0.2) is 5.78 Å². The Hall–Kier alpha value is -4.34. The van der Waals surface area contributed by atoms with Crippen LogP contribution in [0.3, 0.4) is 0 Å². The lowest BCUT2D eigenvalue weighted by molar-refractivity contribution is 0.0994. The summed E-state index contributed by atoms with van der Waals surface area (Å²) in [5, 5.41) is 8.74. The molecule has 3 aromatic carbocycles. The SMILES string of the molecule is N#C/C=C1\CCc2ccc3c(c21)CCO3.NC/C=C1\CCc2ccc3c(c21)CCO3.O=C1CCc2ccc3c(c21)CCO3. The fraction of sp³-hybridized carbons (Fsp3) is 0.351. The molecule has 0 amide bonds. The molecule has 6 heteroatoms. The van der Waals surface area contributed by atoms with E-state index in [9.17, 15) is 4.79 Å². The lowest BCUT2D eigenvalue weighted by atomic mass is 9.98. The van der Waals surface area contributed by atoms with Crippen LogP contribution in [-0.4, -0.2) is 32.1 Å². The number of aryl methyl sites for hydroxylation is 3. The van der Waals surface area contributed by atoms with Crippen LogP contribution in [0.4, 0.5) is 0 Å². The Bertz CT molecular complexity index is 1730. The van der Waals surface area contributed by atoms with E-state index in [0.29, 0.717) is 18.7 Å². The van der Waals surface area contributed by atoms with Gasteiger partial charge in [-0.3, -0.25) is 4.79 Å². The van der Waals surface area contributed by atoms with Crippen LogP contribution in [0.15, 0.2) is 48.6 Å². The van der Waals surface area contributed by atoms with E-state index >= 15 is 0 Å². The Morgan fingerprint density at radius 3 is 1.63 bits per heavy atom. The minimum atomic E-state index is 0.303. The summed E-state index contributed by atoms with van der Waals surface area (Å²) in [6, 6.07) is 14.7. The van der Waals surface area contributed by atoms with E-state index in [0.717, 1.165) is 99.6 Å². The molecule has 0 saturated carbocycles. The fourth-order valence-corrected chi connectivity index (χ4v) is 7.47. The number of nitriles is 1. The van der Waals surface area contributed by atoms with E-state index in [4.69, 9.17) is 25.2 Å². The molecule has 0 radical (unpaired) electrons. The summed E-state index contributed by atoms with van der Waals surface area (Å²) in [5.74, 6) is 3.32. The molecule has 0 aromatic heterocycles. The lowest BCUT2D eigenvalue weighted by Crippen LogP contribution is -1.96. The van der Waals surface area contributed by atoms with Crippen LogP contribution in [0.1, 0.15) is 74.1 Å². The van der Waals surface area contributed by atoms with Gasteiger partial charge < -0.3 is 19.9 Å². The molecular weight excluding hydrogens is 536 g/mol. The number of carbonyl (C=O) groups excluding carboxylic acids is 1. The van der Waals surface area contributed by atoms with E-state index in [2.05, 4.69) is 36.4 Å². The molecular formula is C37H36N2O4. The monoisotopic (exact) mass is 572 g/mol. The summed E-state index contributed by atoms with van der Waals surface area (Å²) in [7, 11) is 0. The average molecular weight is 573 g/mol. The second kappa shape index (κ2) is 11.7. The number of ether oxygens (including phenoxy) is 3. The van der Waals surface area contributed by atoms with Crippen molar-refractivity contribution in [2.75, 3.05) is 26.4 Å². The Balaban J connectivity index is 0.000000105. The zero-order valence-electron chi connectivity index (χ0n) is 24.5. The van der Waals surface area contributed by atoms with Crippen LogP contribution in [-0.2, 0) is 38.5 Å². The van der Waals surface area contributed by atoms with Gasteiger partial charge in [0.25, 0.3) is 0 Å². The number of fused-ring (bicyclic) bond motifs is 9. The number of nitrogens with zero attached hydrogens (tertiary/aromatic N) is 1. The molecule has 3 aliphatic heterocycles. The van der Waals surface area contributed by atoms with Gasteiger partial charge in [0, 0.05) is 60.6 Å². The summed E-state index contributed by atoms with van der Waals surface area (Å²) in [5.41, 5.74) is 19.9. The van der Waals surface area contributed by atoms with Crippen molar-refractivity contribution in [1.29, 1.82) is 5.26 Å². The van der Waals surface area contributed by atoms with E-state index in [-0.39, 0.29) is 0 Å². The molecule has 6 aliphatic rings.